The molecular weight excluding hydrogens is 214 g/mol. The molecule has 1 unspecified atom stereocenters. The summed E-state index contributed by atoms with van der Waals surface area (Å²) in [6, 6.07) is 0.295. The number of ether oxygens (including phenoxy) is 1. The van der Waals surface area contributed by atoms with Crippen LogP contribution in [0.2, 0.25) is 0 Å². The van der Waals surface area contributed by atoms with E-state index in [1.807, 2.05) is 32.2 Å². The molecule has 4 nitrogen and oxygen atoms in total. The number of hydrogen-bond acceptors (Lipinski definition) is 4. The van der Waals surface area contributed by atoms with Gasteiger partial charge in [0, 0.05) is 31.6 Å². The van der Waals surface area contributed by atoms with Crippen LogP contribution >= 0.6 is 0 Å². The lowest BCUT2D eigenvalue weighted by molar-refractivity contribution is 0.0803. The van der Waals surface area contributed by atoms with Gasteiger partial charge in [0.1, 0.15) is 0 Å². The lowest BCUT2D eigenvalue weighted by Gasteiger charge is -2.16. The summed E-state index contributed by atoms with van der Waals surface area (Å²) in [5.74, 6) is 0. The number of hydrogen-bond donors (Lipinski definition) is 1. The normalized spacial score (nSPS) is 15.2. The van der Waals surface area contributed by atoms with Crippen molar-refractivity contribution >= 4 is 6.21 Å². The van der Waals surface area contributed by atoms with Crippen LogP contribution in [0.15, 0.2) is 28.9 Å². The molecule has 0 aromatic carbocycles. The predicted molar refractivity (Wildman–Crippen MR) is 74.2 cm³/mol. The SMILES string of the molecule is C/C=C\C(N)=CC=NC(C)CCN(C)COC. The highest BCUT2D eigenvalue weighted by Crippen LogP contribution is 1.98. The number of aliphatic imine (C=N–C) groups is 1. The number of nitrogens with zero attached hydrogens (tertiary/aromatic N) is 2. The third-order valence-corrected chi connectivity index (χ3v) is 2.24. The Labute approximate surface area is 105 Å². The average Bonchev–Trinajstić information content (AvgIpc) is 2.27. The van der Waals surface area contributed by atoms with Crippen molar-refractivity contribution in [2.45, 2.75) is 26.3 Å². The Morgan fingerprint density at radius 3 is 2.82 bits per heavy atom. The van der Waals surface area contributed by atoms with Crippen molar-refractivity contribution in [2.75, 3.05) is 27.4 Å². The monoisotopic (exact) mass is 239 g/mol. The molecule has 98 valence electrons. The van der Waals surface area contributed by atoms with E-state index in [1.54, 1.807) is 13.3 Å². The molecule has 0 aliphatic carbocycles. The molecule has 0 spiro atoms. The van der Waals surface area contributed by atoms with Gasteiger partial charge >= 0.3 is 0 Å². The van der Waals surface area contributed by atoms with Gasteiger partial charge in [-0.15, -0.1) is 0 Å². The minimum absolute atomic E-state index is 0.295. The van der Waals surface area contributed by atoms with Crippen molar-refractivity contribution < 1.29 is 4.74 Å². The molecular formula is C13H25N3O. The van der Waals surface area contributed by atoms with Crippen LogP contribution in [0.1, 0.15) is 20.3 Å². The summed E-state index contributed by atoms with van der Waals surface area (Å²) < 4.78 is 5.03. The van der Waals surface area contributed by atoms with Crippen LogP contribution < -0.4 is 5.73 Å². The highest BCUT2D eigenvalue weighted by molar-refractivity contribution is 5.72. The summed E-state index contributed by atoms with van der Waals surface area (Å²) in [5, 5.41) is 0. The van der Waals surface area contributed by atoms with Gasteiger partial charge in [-0.1, -0.05) is 6.08 Å². The van der Waals surface area contributed by atoms with Crippen LogP contribution in [0, 0.1) is 0 Å². The molecule has 0 aliphatic rings. The first kappa shape index (κ1) is 15.9. The summed E-state index contributed by atoms with van der Waals surface area (Å²) in [6.45, 7) is 5.66. The van der Waals surface area contributed by atoms with Gasteiger partial charge in [0.15, 0.2) is 0 Å². The minimum atomic E-state index is 0.295. The van der Waals surface area contributed by atoms with Crippen LogP contribution in [0.4, 0.5) is 0 Å². The van der Waals surface area contributed by atoms with E-state index in [-0.39, 0.29) is 0 Å². The summed E-state index contributed by atoms with van der Waals surface area (Å²) in [4.78, 5) is 6.52. The van der Waals surface area contributed by atoms with Crippen molar-refractivity contribution in [2.24, 2.45) is 10.7 Å². The van der Waals surface area contributed by atoms with Gasteiger partial charge < -0.3 is 10.5 Å². The Morgan fingerprint density at radius 1 is 1.53 bits per heavy atom. The largest absolute Gasteiger partial charge is 0.399 e. The van der Waals surface area contributed by atoms with E-state index < -0.39 is 0 Å². The van der Waals surface area contributed by atoms with E-state index in [1.165, 1.54) is 0 Å². The van der Waals surface area contributed by atoms with Crippen LogP contribution in [0.3, 0.4) is 0 Å². The van der Waals surface area contributed by atoms with Crippen LogP contribution in [-0.2, 0) is 4.74 Å². The number of methoxy groups -OCH3 is 1. The van der Waals surface area contributed by atoms with Gasteiger partial charge in [0.25, 0.3) is 0 Å². The number of rotatable bonds is 8. The summed E-state index contributed by atoms with van der Waals surface area (Å²) in [7, 11) is 3.73. The smallest absolute Gasteiger partial charge is 0.0983 e. The molecule has 0 heterocycles. The van der Waals surface area contributed by atoms with Crippen LogP contribution in [0.5, 0.6) is 0 Å². The molecule has 0 aliphatic heterocycles. The molecule has 0 aromatic heterocycles. The Kier molecular flexibility index (Phi) is 9.38. The van der Waals surface area contributed by atoms with Crippen molar-refractivity contribution in [3.8, 4) is 0 Å². The Balaban J connectivity index is 3.89. The van der Waals surface area contributed by atoms with Gasteiger partial charge in [-0.2, -0.15) is 0 Å². The van der Waals surface area contributed by atoms with Gasteiger partial charge in [0.2, 0.25) is 0 Å². The van der Waals surface area contributed by atoms with Crippen LogP contribution in [-0.4, -0.2) is 44.6 Å². The minimum Gasteiger partial charge on any atom is -0.399 e. The maximum atomic E-state index is 5.69. The molecule has 0 fully saturated rings. The van der Waals surface area contributed by atoms with Crippen molar-refractivity contribution in [1.29, 1.82) is 0 Å². The zero-order valence-electron chi connectivity index (χ0n) is 11.4. The molecule has 0 saturated carbocycles. The van der Waals surface area contributed by atoms with Crippen molar-refractivity contribution in [3.63, 3.8) is 0 Å². The van der Waals surface area contributed by atoms with Gasteiger partial charge in [-0.05, 0) is 39.5 Å². The van der Waals surface area contributed by atoms with E-state index in [2.05, 4.69) is 16.8 Å². The molecule has 1 atom stereocenters. The van der Waals surface area contributed by atoms with Gasteiger partial charge in [-0.25, -0.2) is 0 Å². The number of allylic oxidation sites excluding steroid dienone is 3. The van der Waals surface area contributed by atoms with Gasteiger partial charge in [-0.3, -0.25) is 9.89 Å². The van der Waals surface area contributed by atoms with Gasteiger partial charge in [0.05, 0.1) is 6.73 Å². The molecule has 4 heteroatoms. The first-order valence-electron chi connectivity index (χ1n) is 5.89. The Hall–Kier alpha value is -1.13. The third-order valence-electron chi connectivity index (χ3n) is 2.24. The lowest BCUT2D eigenvalue weighted by Crippen LogP contribution is -2.24. The highest BCUT2D eigenvalue weighted by Gasteiger charge is 2.01. The van der Waals surface area contributed by atoms with E-state index in [4.69, 9.17) is 10.5 Å². The van der Waals surface area contributed by atoms with E-state index in [0.29, 0.717) is 12.8 Å². The molecule has 17 heavy (non-hydrogen) atoms. The molecule has 0 radical (unpaired) electrons. The highest BCUT2D eigenvalue weighted by atomic mass is 16.5. The summed E-state index contributed by atoms with van der Waals surface area (Å²) in [5.41, 5.74) is 6.41. The fraction of sp³-hybridized carbons (Fsp3) is 0.615. The second-order valence-corrected chi connectivity index (χ2v) is 4.10. The lowest BCUT2D eigenvalue weighted by atomic mass is 10.2. The fourth-order valence-electron chi connectivity index (χ4n) is 1.29. The molecule has 0 rings (SSSR count). The average molecular weight is 239 g/mol. The second-order valence-electron chi connectivity index (χ2n) is 4.10. The van der Waals surface area contributed by atoms with E-state index in [0.717, 1.165) is 18.7 Å². The number of nitrogens with two attached hydrogens (primary N) is 1. The maximum absolute atomic E-state index is 5.69. The summed E-state index contributed by atoms with van der Waals surface area (Å²) in [6.07, 6.45) is 8.35. The fourth-order valence-corrected chi connectivity index (χ4v) is 1.29. The first-order valence-corrected chi connectivity index (χ1v) is 5.89. The second kappa shape index (κ2) is 10.1. The summed E-state index contributed by atoms with van der Waals surface area (Å²) >= 11 is 0. The zero-order chi connectivity index (χ0) is 13.1. The Bertz CT molecular complexity index is 272. The maximum Gasteiger partial charge on any atom is 0.0983 e. The third kappa shape index (κ3) is 9.78. The quantitative estimate of drug-likeness (QED) is 0.399. The molecule has 0 bridgehead atoms. The van der Waals surface area contributed by atoms with E-state index in [9.17, 15) is 0 Å². The molecule has 0 saturated heterocycles. The van der Waals surface area contributed by atoms with E-state index >= 15 is 0 Å². The zero-order valence-corrected chi connectivity index (χ0v) is 11.4. The van der Waals surface area contributed by atoms with Crippen LogP contribution in [0.25, 0.3) is 0 Å². The first-order chi connectivity index (χ1) is 8.10. The standard InChI is InChI=1S/C13H25N3O/c1-5-6-13(14)7-9-15-12(2)8-10-16(3)11-17-4/h5-7,9,12H,8,10-11,14H2,1-4H3/b6-5-,13-7?,15-9?. The molecule has 0 amide bonds. The predicted octanol–water partition coefficient (Wildman–Crippen LogP) is 1.79. The van der Waals surface area contributed by atoms with Crippen molar-refractivity contribution in [3.05, 3.63) is 23.9 Å². The topological polar surface area (TPSA) is 50.8 Å². The molecule has 2 N–H and O–H groups in total. The van der Waals surface area contributed by atoms with Crippen molar-refractivity contribution in [1.82, 2.24) is 4.90 Å². The Morgan fingerprint density at radius 2 is 2.24 bits per heavy atom. The molecule has 0 aromatic rings.